The molecule has 2 bridgehead atoms. The second-order valence-corrected chi connectivity index (χ2v) is 5.84. The molecule has 0 radical (unpaired) electrons. The highest BCUT2D eigenvalue weighted by molar-refractivity contribution is 4.95. The molecule has 0 aromatic carbocycles. The van der Waals surface area contributed by atoms with E-state index in [4.69, 9.17) is 5.73 Å². The van der Waals surface area contributed by atoms with Gasteiger partial charge in [-0.3, -0.25) is 4.90 Å². The van der Waals surface area contributed by atoms with E-state index < -0.39 is 0 Å². The van der Waals surface area contributed by atoms with Crippen molar-refractivity contribution < 1.29 is 0 Å². The van der Waals surface area contributed by atoms with Gasteiger partial charge in [-0.2, -0.15) is 0 Å². The molecule has 2 saturated heterocycles. The Morgan fingerprint density at radius 2 is 1.81 bits per heavy atom. The second-order valence-electron chi connectivity index (χ2n) is 5.84. The third-order valence-electron chi connectivity index (χ3n) is 4.36. The molecule has 0 spiro atoms. The highest BCUT2D eigenvalue weighted by Gasteiger charge is 2.39. The Labute approximate surface area is 100.0 Å². The molecule has 2 aliphatic rings. The molecule has 2 rings (SSSR count). The van der Waals surface area contributed by atoms with Crippen molar-refractivity contribution in [1.29, 1.82) is 0 Å². The molecule has 2 N–H and O–H groups in total. The van der Waals surface area contributed by atoms with Gasteiger partial charge in [0.1, 0.15) is 0 Å². The summed E-state index contributed by atoms with van der Waals surface area (Å²) in [6, 6.07) is 1.74. The lowest BCUT2D eigenvalue weighted by atomic mass is 9.88. The summed E-state index contributed by atoms with van der Waals surface area (Å²) >= 11 is 0. The molecule has 0 saturated carbocycles. The normalized spacial score (nSPS) is 34.9. The first-order chi connectivity index (χ1) is 7.70. The van der Waals surface area contributed by atoms with E-state index in [0.717, 1.165) is 24.5 Å². The van der Waals surface area contributed by atoms with Crippen LogP contribution in [0.2, 0.25) is 0 Å². The zero-order chi connectivity index (χ0) is 11.5. The summed E-state index contributed by atoms with van der Waals surface area (Å²) in [5.41, 5.74) is 5.68. The van der Waals surface area contributed by atoms with E-state index in [1.54, 1.807) is 0 Å². The summed E-state index contributed by atoms with van der Waals surface area (Å²) in [5, 5.41) is 0. The van der Waals surface area contributed by atoms with E-state index in [1.165, 1.54) is 45.2 Å². The summed E-state index contributed by atoms with van der Waals surface area (Å²) in [6.45, 7) is 3.34. The van der Waals surface area contributed by atoms with Crippen LogP contribution in [0.25, 0.3) is 0 Å². The van der Waals surface area contributed by atoms with E-state index in [0.29, 0.717) is 0 Å². The summed E-state index contributed by atoms with van der Waals surface area (Å²) in [6.07, 6.45) is 6.91. The number of piperidine rings is 1. The predicted molar refractivity (Wildman–Crippen MR) is 68.5 cm³/mol. The van der Waals surface area contributed by atoms with Gasteiger partial charge >= 0.3 is 0 Å². The lowest BCUT2D eigenvalue weighted by Crippen LogP contribution is -2.45. The van der Waals surface area contributed by atoms with Crippen LogP contribution >= 0.6 is 0 Å². The van der Waals surface area contributed by atoms with Gasteiger partial charge in [0.2, 0.25) is 0 Å². The SMILES string of the molecule is CN(C)CCN1C2CCC1CC(CCN)C2. The summed E-state index contributed by atoms with van der Waals surface area (Å²) < 4.78 is 0. The van der Waals surface area contributed by atoms with Crippen LogP contribution in [0.1, 0.15) is 32.1 Å². The molecule has 2 heterocycles. The van der Waals surface area contributed by atoms with Gasteiger partial charge in [-0.25, -0.2) is 0 Å². The van der Waals surface area contributed by atoms with E-state index in [-0.39, 0.29) is 0 Å². The highest BCUT2D eigenvalue weighted by atomic mass is 15.2. The minimum Gasteiger partial charge on any atom is -0.330 e. The molecule has 2 unspecified atom stereocenters. The Hall–Kier alpha value is -0.120. The van der Waals surface area contributed by atoms with Gasteiger partial charge in [0.05, 0.1) is 0 Å². The Morgan fingerprint density at radius 1 is 1.19 bits per heavy atom. The number of nitrogens with zero attached hydrogens (tertiary/aromatic N) is 2. The maximum atomic E-state index is 5.68. The average Bonchev–Trinajstić information content (AvgIpc) is 2.46. The molecule has 3 heteroatoms. The van der Waals surface area contributed by atoms with Gasteiger partial charge in [-0.1, -0.05) is 0 Å². The van der Waals surface area contributed by atoms with Crippen molar-refractivity contribution in [3.63, 3.8) is 0 Å². The number of hydrogen-bond donors (Lipinski definition) is 1. The van der Waals surface area contributed by atoms with E-state index in [9.17, 15) is 0 Å². The van der Waals surface area contributed by atoms with Gasteiger partial charge in [0, 0.05) is 25.2 Å². The van der Waals surface area contributed by atoms with Crippen molar-refractivity contribution in [2.75, 3.05) is 33.7 Å². The molecule has 2 aliphatic heterocycles. The minimum atomic E-state index is 0.871. The molecule has 2 atom stereocenters. The van der Waals surface area contributed by atoms with Crippen LogP contribution in [0, 0.1) is 5.92 Å². The van der Waals surface area contributed by atoms with Crippen LogP contribution in [0.5, 0.6) is 0 Å². The highest BCUT2D eigenvalue weighted by Crippen LogP contribution is 2.39. The number of hydrogen-bond acceptors (Lipinski definition) is 3. The van der Waals surface area contributed by atoms with Gasteiger partial charge in [0.25, 0.3) is 0 Å². The monoisotopic (exact) mass is 225 g/mol. The fraction of sp³-hybridized carbons (Fsp3) is 1.00. The average molecular weight is 225 g/mol. The molecular formula is C13H27N3. The molecule has 94 valence electrons. The number of likely N-dealkylation sites (N-methyl/N-ethyl adjacent to an activating group) is 1. The molecule has 3 nitrogen and oxygen atoms in total. The van der Waals surface area contributed by atoms with Crippen molar-refractivity contribution in [3.8, 4) is 0 Å². The Bertz CT molecular complexity index is 203. The Balaban J connectivity index is 1.84. The molecule has 0 amide bonds. The van der Waals surface area contributed by atoms with Gasteiger partial charge in [-0.05, 0) is 58.7 Å². The first-order valence-corrected chi connectivity index (χ1v) is 6.81. The quantitative estimate of drug-likeness (QED) is 0.761. The van der Waals surface area contributed by atoms with E-state index >= 15 is 0 Å². The predicted octanol–water partition coefficient (Wildman–Crippen LogP) is 1.14. The standard InChI is InChI=1S/C13H27N3/c1-15(2)7-8-16-12-3-4-13(16)10-11(9-12)5-6-14/h11-13H,3-10,14H2,1-2H3. The Morgan fingerprint density at radius 3 is 2.31 bits per heavy atom. The van der Waals surface area contributed by atoms with Crippen LogP contribution in [0.3, 0.4) is 0 Å². The first kappa shape index (κ1) is 12.3. The lowest BCUT2D eigenvalue weighted by Gasteiger charge is -2.39. The number of nitrogens with two attached hydrogens (primary N) is 1. The fourth-order valence-electron chi connectivity index (χ4n) is 3.54. The molecular weight excluding hydrogens is 198 g/mol. The topological polar surface area (TPSA) is 32.5 Å². The van der Waals surface area contributed by atoms with Crippen LogP contribution < -0.4 is 5.73 Å². The zero-order valence-electron chi connectivity index (χ0n) is 10.9. The first-order valence-electron chi connectivity index (χ1n) is 6.81. The smallest absolute Gasteiger partial charge is 0.0115 e. The number of rotatable bonds is 5. The fourth-order valence-corrected chi connectivity index (χ4v) is 3.54. The van der Waals surface area contributed by atoms with Crippen molar-refractivity contribution in [1.82, 2.24) is 9.80 Å². The molecule has 0 aliphatic carbocycles. The molecule has 0 aromatic heterocycles. The van der Waals surface area contributed by atoms with Crippen LogP contribution in [-0.4, -0.2) is 55.6 Å². The lowest BCUT2D eigenvalue weighted by molar-refractivity contribution is 0.0936. The summed E-state index contributed by atoms with van der Waals surface area (Å²) in [4.78, 5) is 5.07. The molecule has 0 aromatic rings. The minimum absolute atomic E-state index is 0.871. The van der Waals surface area contributed by atoms with Crippen LogP contribution in [0.4, 0.5) is 0 Å². The maximum Gasteiger partial charge on any atom is 0.0115 e. The second kappa shape index (κ2) is 5.48. The molecule has 16 heavy (non-hydrogen) atoms. The van der Waals surface area contributed by atoms with Crippen molar-refractivity contribution in [2.24, 2.45) is 11.7 Å². The maximum absolute atomic E-state index is 5.68. The third kappa shape index (κ3) is 2.76. The van der Waals surface area contributed by atoms with Gasteiger partial charge in [-0.15, -0.1) is 0 Å². The van der Waals surface area contributed by atoms with Crippen molar-refractivity contribution in [3.05, 3.63) is 0 Å². The molecule has 2 fully saturated rings. The third-order valence-corrected chi connectivity index (χ3v) is 4.36. The number of fused-ring (bicyclic) bond motifs is 2. The van der Waals surface area contributed by atoms with Crippen molar-refractivity contribution in [2.45, 2.75) is 44.2 Å². The van der Waals surface area contributed by atoms with E-state index in [1.807, 2.05) is 0 Å². The van der Waals surface area contributed by atoms with Crippen molar-refractivity contribution >= 4 is 0 Å². The summed E-state index contributed by atoms with van der Waals surface area (Å²) in [5.74, 6) is 0.915. The largest absolute Gasteiger partial charge is 0.330 e. The van der Waals surface area contributed by atoms with Gasteiger partial charge in [0.15, 0.2) is 0 Å². The van der Waals surface area contributed by atoms with Crippen LogP contribution in [-0.2, 0) is 0 Å². The van der Waals surface area contributed by atoms with Crippen LogP contribution in [0.15, 0.2) is 0 Å². The summed E-state index contributed by atoms with van der Waals surface area (Å²) in [7, 11) is 4.34. The van der Waals surface area contributed by atoms with E-state index in [2.05, 4.69) is 23.9 Å². The Kier molecular flexibility index (Phi) is 4.22. The zero-order valence-corrected chi connectivity index (χ0v) is 10.9. The van der Waals surface area contributed by atoms with Gasteiger partial charge < -0.3 is 10.6 Å².